The van der Waals surface area contributed by atoms with Crippen molar-refractivity contribution in [3.05, 3.63) is 156 Å². The minimum atomic E-state index is -0.316. The maximum absolute atomic E-state index is 15.0. The summed E-state index contributed by atoms with van der Waals surface area (Å²) in [5, 5.41) is 7.86. The van der Waals surface area contributed by atoms with Crippen LogP contribution in [0.15, 0.2) is 88.7 Å². The van der Waals surface area contributed by atoms with Crippen LogP contribution >= 0.6 is 0 Å². The normalized spacial score (nSPS) is 18.6. The summed E-state index contributed by atoms with van der Waals surface area (Å²) in [7, 11) is 5.17. The molecule has 0 spiro atoms. The van der Waals surface area contributed by atoms with Crippen LogP contribution in [0.1, 0.15) is 130 Å². The summed E-state index contributed by atoms with van der Waals surface area (Å²) in [5.74, 6) is 0.968. The first-order valence-electron chi connectivity index (χ1n) is 28.5. The number of piperidine rings is 3. The molecule has 3 fully saturated rings. The Morgan fingerprint density at radius 3 is 1.88 bits per heavy atom. The van der Waals surface area contributed by atoms with Crippen LogP contribution in [0.5, 0.6) is 11.5 Å². The van der Waals surface area contributed by atoms with Gasteiger partial charge in [-0.15, -0.1) is 0 Å². The third-order valence-electron chi connectivity index (χ3n) is 18.0. The summed E-state index contributed by atoms with van der Waals surface area (Å²) in [5.41, 5.74) is 8.31. The maximum atomic E-state index is 15.0. The van der Waals surface area contributed by atoms with Crippen LogP contribution in [0.3, 0.4) is 0 Å². The van der Waals surface area contributed by atoms with Gasteiger partial charge in [-0.2, -0.15) is 0 Å². The number of likely N-dealkylation sites (tertiary alicyclic amines) is 3. The predicted molar refractivity (Wildman–Crippen MR) is 312 cm³/mol. The van der Waals surface area contributed by atoms with Gasteiger partial charge in [0, 0.05) is 107 Å². The van der Waals surface area contributed by atoms with E-state index >= 15 is 4.79 Å². The van der Waals surface area contributed by atoms with E-state index in [0.29, 0.717) is 58.2 Å². The van der Waals surface area contributed by atoms with Crippen molar-refractivity contribution in [2.75, 3.05) is 60.5 Å². The number of methoxy groups -OCH3 is 2. The van der Waals surface area contributed by atoms with Crippen molar-refractivity contribution in [1.82, 2.24) is 49.4 Å². The number of nitrogens with one attached hydrogen (secondary N) is 4. The zero-order valence-electron chi connectivity index (χ0n) is 47.9. The maximum Gasteiger partial charge on any atom is 0.256 e. The molecule has 17 nitrogen and oxygen atoms in total. The van der Waals surface area contributed by atoms with Crippen LogP contribution in [0, 0.1) is 45.4 Å². The molecule has 0 saturated carbocycles. The van der Waals surface area contributed by atoms with E-state index < -0.39 is 0 Å². The van der Waals surface area contributed by atoms with Gasteiger partial charge in [-0.25, -0.2) is 0 Å². The van der Waals surface area contributed by atoms with E-state index in [1.165, 1.54) is 14.2 Å². The highest BCUT2D eigenvalue weighted by molar-refractivity contribution is 6.09. The Labute approximate surface area is 468 Å². The van der Waals surface area contributed by atoms with Gasteiger partial charge < -0.3 is 49.0 Å². The summed E-state index contributed by atoms with van der Waals surface area (Å²) >= 11 is 0. The Kier molecular flexibility index (Phi) is 16.5. The van der Waals surface area contributed by atoms with Gasteiger partial charge in [0.05, 0.1) is 49.6 Å². The number of nitrogens with zero attached hydrogens (tertiary/aromatic N) is 6. The second kappa shape index (κ2) is 23.7. The van der Waals surface area contributed by atoms with E-state index in [2.05, 4.69) is 101 Å². The number of ether oxygens (including phenoxy) is 2. The number of hydrogen-bond donors (Lipinski definition) is 4. The molecule has 3 saturated heterocycles. The highest BCUT2D eigenvalue weighted by Gasteiger charge is 2.39. The number of para-hydroxylation sites is 1. The molecule has 0 bridgehead atoms. The highest BCUT2D eigenvalue weighted by Crippen LogP contribution is 2.45. The first-order chi connectivity index (χ1) is 38.5. The Bertz CT molecular complexity index is 3550. The molecule has 4 N–H and O–H groups in total. The molecule has 3 aliphatic heterocycles. The third-order valence-corrected chi connectivity index (χ3v) is 18.0. The first-order valence-corrected chi connectivity index (χ1v) is 28.5. The van der Waals surface area contributed by atoms with Gasteiger partial charge in [0.15, 0.2) is 0 Å². The van der Waals surface area contributed by atoms with Crippen molar-refractivity contribution in [2.45, 2.75) is 111 Å². The zero-order valence-corrected chi connectivity index (χ0v) is 47.9. The van der Waals surface area contributed by atoms with Crippen molar-refractivity contribution < 1.29 is 23.9 Å². The molecule has 17 heteroatoms. The zero-order chi connectivity index (χ0) is 56.5. The number of benzene rings is 2. The molecule has 7 aromatic rings. The lowest BCUT2D eigenvalue weighted by Crippen LogP contribution is -2.45. The number of aromatic nitrogens is 5. The summed E-state index contributed by atoms with van der Waals surface area (Å²) in [6.45, 7) is 17.7. The summed E-state index contributed by atoms with van der Waals surface area (Å²) in [6.07, 6.45) is 8.11. The van der Waals surface area contributed by atoms with Gasteiger partial charge in [-0.3, -0.25) is 33.9 Å². The lowest BCUT2D eigenvalue weighted by atomic mass is 9.76. The number of fused-ring (bicyclic) bond motifs is 2. The van der Waals surface area contributed by atoms with Crippen molar-refractivity contribution >= 4 is 39.5 Å². The topological polar surface area (TPSA) is 192 Å². The lowest BCUT2D eigenvalue weighted by molar-refractivity contribution is -0.138. The number of hydrogen-bond acceptors (Lipinski definition) is 10. The fourth-order valence-electron chi connectivity index (χ4n) is 13.7. The van der Waals surface area contributed by atoms with Crippen LogP contribution in [0.4, 0.5) is 0 Å². The molecule has 3 aliphatic rings. The smallest absolute Gasteiger partial charge is 0.256 e. The number of rotatable bonds is 16. The Morgan fingerprint density at radius 1 is 0.688 bits per heavy atom. The average molecular weight is 1090 g/mol. The summed E-state index contributed by atoms with van der Waals surface area (Å²) in [6, 6.07) is 22.3. The van der Waals surface area contributed by atoms with E-state index in [-0.39, 0.29) is 77.7 Å². The third kappa shape index (κ3) is 11.1. The Balaban J connectivity index is 1.02. The van der Waals surface area contributed by atoms with E-state index in [0.717, 1.165) is 109 Å². The predicted octanol–water partition coefficient (Wildman–Crippen LogP) is 8.49. The number of H-pyrrole nitrogens is 2. The Hall–Kier alpha value is -7.50. The lowest BCUT2D eigenvalue weighted by Gasteiger charge is -2.42. The molecule has 80 heavy (non-hydrogen) atoms. The van der Waals surface area contributed by atoms with Crippen LogP contribution in [-0.2, 0) is 24.4 Å². The van der Waals surface area contributed by atoms with E-state index in [1.807, 2.05) is 44.3 Å². The largest absolute Gasteiger partial charge is 0.496 e. The van der Waals surface area contributed by atoms with Gasteiger partial charge in [0.1, 0.15) is 11.5 Å². The van der Waals surface area contributed by atoms with Crippen molar-refractivity contribution in [1.29, 1.82) is 0 Å². The van der Waals surface area contributed by atoms with E-state index in [4.69, 9.17) is 9.47 Å². The molecule has 2 unspecified atom stereocenters. The molecule has 4 atom stereocenters. The van der Waals surface area contributed by atoms with Crippen molar-refractivity contribution in [3.63, 3.8) is 0 Å². The number of carbonyl (C=O) groups is 3. The van der Waals surface area contributed by atoms with Crippen LogP contribution < -0.4 is 31.2 Å². The molecule has 5 aromatic heterocycles. The fourth-order valence-corrected chi connectivity index (χ4v) is 13.7. The van der Waals surface area contributed by atoms with Crippen molar-refractivity contribution in [3.8, 4) is 11.5 Å². The second-order valence-electron chi connectivity index (χ2n) is 22.9. The molecular weight excluding hydrogens is 1010 g/mol. The van der Waals surface area contributed by atoms with E-state index in [1.54, 1.807) is 32.2 Å². The van der Waals surface area contributed by atoms with Crippen LogP contribution in [-0.4, -0.2) is 117 Å². The molecule has 3 amide bonds. The van der Waals surface area contributed by atoms with E-state index in [9.17, 15) is 19.2 Å². The van der Waals surface area contributed by atoms with Crippen molar-refractivity contribution in [2.24, 2.45) is 17.8 Å². The number of aromatic amines is 2. The van der Waals surface area contributed by atoms with Crippen LogP contribution in [0.2, 0.25) is 0 Å². The molecule has 0 aliphatic carbocycles. The summed E-state index contributed by atoms with van der Waals surface area (Å²) in [4.78, 5) is 86.7. The standard InChI is InChI=1S/C63H78N10O7/c1-37-29-55(79-8)50(59(74)67-37)33-65-61(76)57-41(5)73(53-15-11-10-14-48(53)57)40(4)47-22-26-70(35-43-13-12-23-64-32-43)36-52(47)46-16-17-54-49(31-46)58(62(77)66-34-51-56(80-9)30-38(2)68-60(51)75)42(6)72(54)39(3)44-20-27-71(28-21-44)63(78)45-18-24-69(7)25-19-45/h10-17,23,29-32,39-40,44-45,47,52H,18-22,24-28,33-36H2,1-9H3,(H,65,76)(H,66,77)(H,67,74)(H,68,75)/t39-,40-,47?,52?/m1/s1. The molecule has 8 heterocycles. The second-order valence-corrected chi connectivity index (χ2v) is 22.9. The monoisotopic (exact) mass is 1090 g/mol. The van der Waals surface area contributed by atoms with Gasteiger partial charge >= 0.3 is 0 Å². The first kappa shape index (κ1) is 55.8. The van der Waals surface area contributed by atoms with Gasteiger partial charge in [-0.1, -0.05) is 30.3 Å². The number of pyridine rings is 3. The molecule has 422 valence electrons. The molecule has 10 rings (SSSR count). The van der Waals surface area contributed by atoms with Crippen LogP contribution in [0.25, 0.3) is 21.8 Å². The average Bonchev–Trinajstić information content (AvgIpc) is 4.05. The number of amides is 3. The minimum absolute atomic E-state index is 0.0105. The van der Waals surface area contributed by atoms with Gasteiger partial charge in [0.2, 0.25) is 5.91 Å². The molecule has 2 aromatic carbocycles. The number of carbonyl (C=O) groups excluding carboxylic acids is 3. The molecule has 0 radical (unpaired) electrons. The summed E-state index contributed by atoms with van der Waals surface area (Å²) < 4.78 is 15.9. The molecular formula is C63H78N10O7. The van der Waals surface area contributed by atoms with Gasteiger partial charge in [-0.05, 0) is 160 Å². The Morgan fingerprint density at radius 2 is 1.27 bits per heavy atom. The minimum Gasteiger partial charge on any atom is -0.496 e. The SMILES string of the molecule is COc1cc(C)[nH]c(=O)c1CNC(=O)c1c(C)n([C@H](C)C2CCN(C(=O)C3CCN(C)CC3)CC2)c2ccc(C3CN(Cc4cccnc4)CCC3[C@@H](C)n3c(C)c(C(=O)NCc4c(OC)cc(C)[nH]c4=O)c4ccccc43)cc12. The number of aryl methyl sites for hydroxylation is 2. The quantitative estimate of drug-likeness (QED) is 0.0730. The highest BCUT2D eigenvalue weighted by atomic mass is 16.5. The fraction of sp³-hybridized carbons (Fsp3) is 0.460. The van der Waals surface area contributed by atoms with Gasteiger partial charge in [0.25, 0.3) is 22.9 Å².